The summed E-state index contributed by atoms with van der Waals surface area (Å²) in [7, 11) is 3.50. The van der Waals surface area contributed by atoms with E-state index in [-0.39, 0.29) is 23.7 Å². The lowest BCUT2D eigenvalue weighted by molar-refractivity contribution is -0.384. The van der Waals surface area contributed by atoms with Gasteiger partial charge in [0.25, 0.3) is 5.69 Å². The predicted molar refractivity (Wildman–Crippen MR) is 98.0 cm³/mol. The van der Waals surface area contributed by atoms with E-state index in [0.29, 0.717) is 12.1 Å². The Morgan fingerprint density at radius 1 is 1.31 bits per heavy atom. The van der Waals surface area contributed by atoms with E-state index in [9.17, 15) is 19.7 Å². The van der Waals surface area contributed by atoms with Gasteiger partial charge in [0, 0.05) is 64.0 Å². The van der Waals surface area contributed by atoms with E-state index in [0.717, 1.165) is 32.5 Å². The van der Waals surface area contributed by atoms with E-state index >= 15 is 0 Å². The summed E-state index contributed by atoms with van der Waals surface area (Å²) in [6.45, 7) is 2.37. The van der Waals surface area contributed by atoms with E-state index in [1.807, 2.05) is 0 Å². The fraction of sp³-hybridized carbons (Fsp3) is 0.529. The lowest BCUT2D eigenvalue weighted by Gasteiger charge is -2.32. The Hall–Kier alpha value is -2.68. The number of amides is 3. The van der Waals surface area contributed by atoms with Crippen molar-refractivity contribution >= 4 is 23.3 Å². The van der Waals surface area contributed by atoms with Crippen molar-refractivity contribution in [2.45, 2.75) is 25.3 Å². The van der Waals surface area contributed by atoms with Crippen molar-refractivity contribution in [1.29, 1.82) is 0 Å². The number of piperidine rings is 1. The van der Waals surface area contributed by atoms with Gasteiger partial charge in [-0.3, -0.25) is 14.9 Å². The highest BCUT2D eigenvalue weighted by Gasteiger charge is 2.21. The molecule has 9 heteroatoms. The second-order valence-corrected chi connectivity index (χ2v) is 6.56. The number of nitrogens with one attached hydrogen (secondary N) is 2. The van der Waals surface area contributed by atoms with Crippen molar-refractivity contribution < 1.29 is 14.5 Å². The third kappa shape index (κ3) is 5.99. The third-order valence-electron chi connectivity index (χ3n) is 4.38. The van der Waals surface area contributed by atoms with Gasteiger partial charge in [-0.2, -0.15) is 0 Å². The molecule has 0 radical (unpaired) electrons. The highest BCUT2D eigenvalue weighted by atomic mass is 16.6. The Kier molecular flexibility index (Phi) is 6.90. The number of nitro groups is 1. The average Bonchev–Trinajstić information content (AvgIpc) is 2.60. The third-order valence-corrected chi connectivity index (χ3v) is 4.38. The summed E-state index contributed by atoms with van der Waals surface area (Å²) in [6, 6.07) is 5.52. The van der Waals surface area contributed by atoms with Crippen LogP contribution in [0.3, 0.4) is 0 Å². The van der Waals surface area contributed by atoms with E-state index in [4.69, 9.17) is 0 Å². The van der Waals surface area contributed by atoms with Crippen molar-refractivity contribution in [3.8, 4) is 0 Å². The van der Waals surface area contributed by atoms with Crippen molar-refractivity contribution in [2.75, 3.05) is 39.0 Å². The summed E-state index contributed by atoms with van der Waals surface area (Å²) in [5.41, 5.74) is 0.319. The standard InChI is InChI=1S/C17H25N5O4/c1-20(2)16(23)8-11-21-9-6-13(7-10-21)18-17(24)19-14-4-3-5-15(12-14)22(25)26/h3-5,12-13H,6-11H2,1-2H3,(H2,18,19,24). The number of carbonyl (C=O) groups excluding carboxylic acids is 2. The summed E-state index contributed by atoms with van der Waals surface area (Å²) < 4.78 is 0. The maximum Gasteiger partial charge on any atom is 0.319 e. The van der Waals surface area contributed by atoms with Crippen LogP contribution in [0, 0.1) is 10.1 Å². The molecule has 1 aliphatic rings. The van der Waals surface area contributed by atoms with Gasteiger partial charge in [0.15, 0.2) is 0 Å². The average molecular weight is 363 g/mol. The smallest absolute Gasteiger partial charge is 0.319 e. The van der Waals surface area contributed by atoms with Gasteiger partial charge in [-0.15, -0.1) is 0 Å². The maximum atomic E-state index is 12.1. The molecule has 0 aromatic heterocycles. The molecule has 2 rings (SSSR count). The highest BCUT2D eigenvalue weighted by molar-refractivity contribution is 5.89. The molecule has 0 unspecified atom stereocenters. The minimum Gasteiger partial charge on any atom is -0.349 e. The summed E-state index contributed by atoms with van der Waals surface area (Å²) in [4.78, 5) is 37.8. The number of carbonyl (C=O) groups is 2. The lowest BCUT2D eigenvalue weighted by Crippen LogP contribution is -2.46. The van der Waals surface area contributed by atoms with Crippen LogP contribution in [0.1, 0.15) is 19.3 Å². The molecule has 1 aromatic rings. The van der Waals surface area contributed by atoms with Gasteiger partial charge in [-0.05, 0) is 18.9 Å². The number of non-ortho nitro benzene ring substituents is 1. The quantitative estimate of drug-likeness (QED) is 0.590. The minimum atomic E-state index is -0.500. The van der Waals surface area contributed by atoms with Crippen LogP contribution in [0.4, 0.5) is 16.2 Å². The Balaban J connectivity index is 1.73. The predicted octanol–water partition coefficient (Wildman–Crippen LogP) is 1.66. The first-order chi connectivity index (χ1) is 12.3. The van der Waals surface area contributed by atoms with Gasteiger partial charge in [-0.1, -0.05) is 6.07 Å². The van der Waals surface area contributed by atoms with Crippen molar-refractivity contribution in [3.63, 3.8) is 0 Å². The van der Waals surface area contributed by atoms with Gasteiger partial charge in [0.2, 0.25) is 5.91 Å². The van der Waals surface area contributed by atoms with Crippen LogP contribution in [-0.2, 0) is 4.79 Å². The van der Waals surface area contributed by atoms with E-state index in [1.165, 1.54) is 18.2 Å². The lowest BCUT2D eigenvalue weighted by atomic mass is 10.1. The molecule has 1 fully saturated rings. The van der Waals surface area contributed by atoms with E-state index in [1.54, 1.807) is 25.1 Å². The van der Waals surface area contributed by atoms with E-state index in [2.05, 4.69) is 15.5 Å². The molecule has 3 amide bonds. The molecular weight excluding hydrogens is 338 g/mol. The second-order valence-electron chi connectivity index (χ2n) is 6.56. The zero-order chi connectivity index (χ0) is 19.1. The molecule has 9 nitrogen and oxygen atoms in total. The zero-order valence-electron chi connectivity index (χ0n) is 15.1. The zero-order valence-corrected chi connectivity index (χ0v) is 15.1. The number of nitrogens with zero attached hydrogens (tertiary/aromatic N) is 3. The van der Waals surface area contributed by atoms with Crippen LogP contribution in [-0.4, -0.2) is 66.4 Å². The van der Waals surface area contributed by atoms with Crippen LogP contribution in [0.15, 0.2) is 24.3 Å². The molecule has 0 saturated carbocycles. The topological polar surface area (TPSA) is 108 Å². The van der Waals surface area contributed by atoms with Gasteiger partial charge in [0.05, 0.1) is 4.92 Å². The van der Waals surface area contributed by atoms with Crippen molar-refractivity contribution in [1.82, 2.24) is 15.1 Å². The molecule has 1 heterocycles. The van der Waals surface area contributed by atoms with Gasteiger partial charge >= 0.3 is 6.03 Å². The fourth-order valence-corrected chi connectivity index (χ4v) is 2.83. The Morgan fingerprint density at radius 2 is 2.00 bits per heavy atom. The molecule has 0 aliphatic carbocycles. The molecule has 2 N–H and O–H groups in total. The number of benzene rings is 1. The summed E-state index contributed by atoms with van der Waals surface area (Å²) in [6.07, 6.45) is 2.11. The molecular formula is C17H25N5O4. The number of rotatable bonds is 6. The fourth-order valence-electron chi connectivity index (χ4n) is 2.83. The van der Waals surface area contributed by atoms with Crippen LogP contribution >= 0.6 is 0 Å². The molecule has 1 aliphatic heterocycles. The summed E-state index contributed by atoms with van der Waals surface area (Å²) in [5.74, 6) is 0.113. The molecule has 1 aromatic carbocycles. The molecule has 1 saturated heterocycles. The Bertz CT molecular complexity index is 656. The molecule has 26 heavy (non-hydrogen) atoms. The van der Waals surface area contributed by atoms with Gasteiger partial charge < -0.3 is 20.4 Å². The SMILES string of the molecule is CN(C)C(=O)CCN1CCC(NC(=O)Nc2cccc([N+](=O)[O-])c2)CC1. The number of nitro benzene ring substituents is 1. The number of likely N-dealkylation sites (tertiary alicyclic amines) is 1. The van der Waals surface area contributed by atoms with Crippen molar-refractivity contribution in [3.05, 3.63) is 34.4 Å². The Labute approximate surface area is 152 Å². The van der Waals surface area contributed by atoms with Crippen molar-refractivity contribution in [2.24, 2.45) is 0 Å². The molecule has 0 atom stereocenters. The molecule has 0 bridgehead atoms. The first-order valence-electron chi connectivity index (χ1n) is 8.59. The molecule has 142 valence electrons. The van der Waals surface area contributed by atoms with Crippen LogP contribution in [0.2, 0.25) is 0 Å². The Morgan fingerprint density at radius 3 is 2.62 bits per heavy atom. The largest absolute Gasteiger partial charge is 0.349 e. The van der Waals surface area contributed by atoms with Crippen LogP contribution in [0.5, 0.6) is 0 Å². The van der Waals surface area contributed by atoms with Gasteiger partial charge in [0.1, 0.15) is 0 Å². The highest BCUT2D eigenvalue weighted by Crippen LogP contribution is 2.17. The van der Waals surface area contributed by atoms with Crippen LogP contribution in [0.25, 0.3) is 0 Å². The number of hydrogen-bond donors (Lipinski definition) is 2. The summed E-state index contributed by atoms with van der Waals surface area (Å²) in [5, 5.41) is 16.3. The maximum absolute atomic E-state index is 12.1. The minimum absolute atomic E-state index is 0.0505. The van der Waals surface area contributed by atoms with E-state index < -0.39 is 4.92 Å². The first-order valence-corrected chi connectivity index (χ1v) is 8.59. The number of urea groups is 1. The van der Waals surface area contributed by atoms with Gasteiger partial charge in [-0.25, -0.2) is 4.79 Å². The van der Waals surface area contributed by atoms with Crippen LogP contribution < -0.4 is 10.6 Å². The second kappa shape index (κ2) is 9.14. The number of anilines is 1. The normalized spacial score (nSPS) is 15.3. The monoisotopic (exact) mass is 363 g/mol. The first kappa shape index (κ1) is 19.6. The number of hydrogen-bond acceptors (Lipinski definition) is 5. The molecule has 0 spiro atoms. The summed E-state index contributed by atoms with van der Waals surface area (Å²) >= 11 is 0.